The molecule has 0 amide bonds. The lowest BCUT2D eigenvalue weighted by Gasteiger charge is -2.21. The molecule has 0 fully saturated rings. The normalized spacial score (nSPS) is 11.5. The molecule has 1 heterocycles. The van der Waals surface area contributed by atoms with Gasteiger partial charge >= 0.3 is 0 Å². The van der Waals surface area contributed by atoms with Crippen LogP contribution in [0.2, 0.25) is 0 Å². The second-order valence-corrected chi connectivity index (χ2v) is 4.29. The van der Waals surface area contributed by atoms with Crippen molar-refractivity contribution in [2.24, 2.45) is 7.05 Å². The molecule has 0 bridgehead atoms. The highest BCUT2D eigenvalue weighted by molar-refractivity contribution is 5.06. The van der Waals surface area contributed by atoms with Crippen molar-refractivity contribution in [3.05, 3.63) is 22.1 Å². The fraction of sp³-hybridized carbons (Fsp3) is 0.600. The van der Waals surface area contributed by atoms with Crippen LogP contribution in [-0.4, -0.2) is 15.2 Å². The lowest BCUT2D eigenvalue weighted by atomic mass is 10.2. The SMILES string of the molecule is Cc1cc(=O)n(C)c(OC(C)(C)C)n1. The van der Waals surface area contributed by atoms with E-state index >= 15 is 0 Å². The van der Waals surface area contributed by atoms with E-state index in [-0.39, 0.29) is 11.2 Å². The van der Waals surface area contributed by atoms with E-state index in [0.717, 1.165) is 0 Å². The van der Waals surface area contributed by atoms with Gasteiger partial charge in [-0.15, -0.1) is 0 Å². The molecule has 4 nitrogen and oxygen atoms in total. The van der Waals surface area contributed by atoms with Crippen molar-refractivity contribution in [1.82, 2.24) is 9.55 Å². The van der Waals surface area contributed by atoms with E-state index in [2.05, 4.69) is 4.98 Å². The van der Waals surface area contributed by atoms with Gasteiger partial charge in [0, 0.05) is 18.8 Å². The van der Waals surface area contributed by atoms with Gasteiger partial charge in [-0.1, -0.05) is 0 Å². The number of hydrogen-bond donors (Lipinski definition) is 0. The number of aryl methyl sites for hydroxylation is 1. The minimum atomic E-state index is -0.342. The summed E-state index contributed by atoms with van der Waals surface area (Å²) in [6, 6.07) is 1.85. The Hall–Kier alpha value is -1.32. The third-order valence-corrected chi connectivity index (χ3v) is 1.62. The summed E-state index contributed by atoms with van der Waals surface area (Å²) in [6.45, 7) is 7.53. The van der Waals surface area contributed by atoms with Gasteiger partial charge in [0.15, 0.2) is 0 Å². The summed E-state index contributed by atoms with van der Waals surface area (Å²) in [7, 11) is 1.65. The van der Waals surface area contributed by atoms with E-state index in [1.165, 1.54) is 10.6 Å². The lowest BCUT2D eigenvalue weighted by Crippen LogP contribution is -2.29. The van der Waals surface area contributed by atoms with Crippen LogP contribution in [0.5, 0.6) is 6.01 Å². The van der Waals surface area contributed by atoms with Gasteiger partial charge in [-0.25, -0.2) is 4.98 Å². The number of nitrogens with zero attached hydrogens (tertiary/aromatic N) is 2. The van der Waals surface area contributed by atoms with Gasteiger partial charge in [-0.2, -0.15) is 0 Å². The molecule has 0 aliphatic carbocycles. The number of ether oxygens (including phenoxy) is 1. The molecule has 0 aromatic carbocycles. The van der Waals surface area contributed by atoms with E-state index in [9.17, 15) is 4.79 Å². The fourth-order valence-corrected chi connectivity index (χ4v) is 0.993. The Labute approximate surface area is 83.5 Å². The average Bonchev–Trinajstić information content (AvgIpc) is 1.96. The zero-order valence-corrected chi connectivity index (χ0v) is 9.29. The summed E-state index contributed by atoms with van der Waals surface area (Å²) in [5, 5.41) is 0. The standard InChI is InChI=1S/C10H16N2O2/c1-7-6-8(13)12(5)9(11-7)14-10(2,3)4/h6H,1-5H3. The Balaban J connectivity index is 3.15. The maximum absolute atomic E-state index is 11.4. The smallest absolute Gasteiger partial charge is 0.299 e. The van der Waals surface area contributed by atoms with E-state index in [1.54, 1.807) is 14.0 Å². The molecule has 0 aliphatic rings. The van der Waals surface area contributed by atoms with E-state index in [4.69, 9.17) is 4.74 Å². The molecule has 0 aliphatic heterocycles. The monoisotopic (exact) mass is 196 g/mol. The van der Waals surface area contributed by atoms with Crippen molar-refractivity contribution < 1.29 is 4.74 Å². The van der Waals surface area contributed by atoms with Gasteiger partial charge in [0.2, 0.25) is 0 Å². The van der Waals surface area contributed by atoms with Crippen LogP contribution in [0.3, 0.4) is 0 Å². The van der Waals surface area contributed by atoms with Gasteiger partial charge in [0.1, 0.15) is 5.60 Å². The Morgan fingerprint density at radius 2 is 2.00 bits per heavy atom. The Bertz CT molecular complexity index is 388. The van der Waals surface area contributed by atoms with Crippen LogP contribution < -0.4 is 10.3 Å². The minimum Gasteiger partial charge on any atom is -0.459 e. The minimum absolute atomic E-state index is 0.100. The number of aromatic nitrogens is 2. The predicted octanol–water partition coefficient (Wildman–Crippen LogP) is 1.27. The van der Waals surface area contributed by atoms with Crippen LogP contribution in [0.15, 0.2) is 10.9 Å². The highest BCUT2D eigenvalue weighted by Gasteiger charge is 2.15. The maximum atomic E-state index is 11.4. The highest BCUT2D eigenvalue weighted by Crippen LogP contribution is 2.12. The van der Waals surface area contributed by atoms with E-state index in [1.807, 2.05) is 20.8 Å². The quantitative estimate of drug-likeness (QED) is 0.679. The van der Waals surface area contributed by atoms with Crippen LogP contribution in [0, 0.1) is 6.92 Å². The molecule has 1 aromatic rings. The van der Waals surface area contributed by atoms with Crippen molar-refractivity contribution >= 4 is 0 Å². The van der Waals surface area contributed by atoms with Gasteiger partial charge in [0.25, 0.3) is 11.6 Å². The Morgan fingerprint density at radius 1 is 1.43 bits per heavy atom. The first-order valence-corrected chi connectivity index (χ1v) is 4.53. The molecule has 1 aromatic heterocycles. The molecular formula is C10H16N2O2. The van der Waals surface area contributed by atoms with Crippen molar-refractivity contribution in [3.63, 3.8) is 0 Å². The molecule has 0 radical (unpaired) electrons. The predicted molar refractivity (Wildman–Crippen MR) is 54.6 cm³/mol. The molecule has 78 valence electrons. The summed E-state index contributed by atoms with van der Waals surface area (Å²) in [5.74, 6) is 0. The molecule has 4 heteroatoms. The summed E-state index contributed by atoms with van der Waals surface area (Å²) in [4.78, 5) is 15.5. The molecular weight excluding hydrogens is 180 g/mol. The topological polar surface area (TPSA) is 44.1 Å². The van der Waals surface area contributed by atoms with Crippen molar-refractivity contribution in [2.45, 2.75) is 33.3 Å². The average molecular weight is 196 g/mol. The summed E-state index contributed by atoms with van der Waals surface area (Å²) < 4.78 is 6.95. The van der Waals surface area contributed by atoms with Crippen LogP contribution in [-0.2, 0) is 7.05 Å². The second kappa shape index (κ2) is 3.44. The summed E-state index contributed by atoms with van der Waals surface area (Å²) in [6.07, 6.45) is 0. The van der Waals surface area contributed by atoms with Crippen LogP contribution >= 0.6 is 0 Å². The zero-order chi connectivity index (χ0) is 10.9. The van der Waals surface area contributed by atoms with Gasteiger partial charge in [-0.05, 0) is 27.7 Å². The van der Waals surface area contributed by atoms with E-state index < -0.39 is 0 Å². The van der Waals surface area contributed by atoms with E-state index in [0.29, 0.717) is 11.7 Å². The van der Waals surface area contributed by atoms with Gasteiger partial charge < -0.3 is 4.74 Å². The highest BCUT2D eigenvalue weighted by atomic mass is 16.5. The second-order valence-electron chi connectivity index (χ2n) is 4.29. The third kappa shape index (κ3) is 2.58. The number of hydrogen-bond acceptors (Lipinski definition) is 3. The van der Waals surface area contributed by atoms with Crippen molar-refractivity contribution in [3.8, 4) is 6.01 Å². The largest absolute Gasteiger partial charge is 0.459 e. The summed E-state index contributed by atoms with van der Waals surface area (Å²) >= 11 is 0. The first kappa shape index (κ1) is 10.8. The molecule has 0 saturated carbocycles. The molecule has 0 saturated heterocycles. The number of rotatable bonds is 1. The summed E-state index contributed by atoms with van der Waals surface area (Å²) in [5.41, 5.74) is 0.231. The first-order chi connectivity index (χ1) is 6.29. The molecule has 0 spiro atoms. The maximum Gasteiger partial charge on any atom is 0.299 e. The van der Waals surface area contributed by atoms with Crippen LogP contribution in [0.1, 0.15) is 26.5 Å². The molecule has 1 rings (SSSR count). The molecule has 0 unspecified atom stereocenters. The Morgan fingerprint density at radius 3 is 2.50 bits per heavy atom. The lowest BCUT2D eigenvalue weighted by molar-refractivity contribution is 0.109. The van der Waals surface area contributed by atoms with Gasteiger partial charge in [-0.3, -0.25) is 9.36 Å². The third-order valence-electron chi connectivity index (χ3n) is 1.62. The Kier molecular flexibility index (Phi) is 2.64. The molecule has 0 N–H and O–H groups in total. The van der Waals surface area contributed by atoms with Crippen LogP contribution in [0.25, 0.3) is 0 Å². The van der Waals surface area contributed by atoms with Crippen LogP contribution in [0.4, 0.5) is 0 Å². The van der Waals surface area contributed by atoms with Crippen molar-refractivity contribution in [1.29, 1.82) is 0 Å². The fourth-order valence-electron chi connectivity index (χ4n) is 0.993. The van der Waals surface area contributed by atoms with Crippen molar-refractivity contribution in [2.75, 3.05) is 0 Å². The molecule has 0 atom stereocenters. The first-order valence-electron chi connectivity index (χ1n) is 4.53. The molecule has 14 heavy (non-hydrogen) atoms. The zero-order valence-electron chi connectivity index (χ0n) is 9.29. The van der Waals surface area contributed by atoms with Gasteiger partial charge in [0.05, 0.1) is 0 Å².